The first kappa shape index (κ1) is 28.8. The summed E-state index contributed by atoms with van der Waals surface area (Å²) in [6, 6.07) is 20.0. The van der Waals surface area contributed by atoms with Crippen LogP contribution in [0, 0.1) is 0 Å². The molecule has 0 aliphatic carbocycles. The fourth-order valence-electron chi connectivity index (χ4n) is 3.98. The van der Waals surface area contributed by atoms with Crippen LogP contribution in [0.2, 0.25) is 0 Å². The van der Waals surface area contributed by atoms with Gasteiger partial charge in [-0.05, 0) is 41.7 Å². The lowest BCUT2D eigenvalue weighted by Crippen LogP contribution is -2.48. The topological polar surface area (TPSA) is 158 Å². The van der Waals surface area contributed by atoms with Crippen LogP contribution >= 0.6 is 0 Å². The number of carbonyl (C=O) groups excluding carboxylic acids is 2. The van der Waals surface area contributed by atoms with Gasteiger partial charge in [0.25, 0.3) is 0 Å². The number of carboxylic acids is 2. The third-order valence-corrected chi connectivity index (χ3v) is 5.95. The quantitative estimate of drug-likeness (QED) is 0.186. The van der Waals surface area contributed by atoms with Crippen LogP contribution in [-0.2, 0) is 19.2 Å². The molecule has 0 saturated heterocycles. The van der Waals surface area contributed by atoms with Crippen molar-refractivity contribution < 1.29 is 29.4 Å². The normalized spacial score (nSPS) is 12.1. The SMILES string of the molecule is O=C(O)CC(NC(=O)[C@@H](CC(=O)O)NC(=O)CCCCNc1ccccn1)c1ccc(-c2ccccc2)cc1. The van der Waals surface area contributed by atoms with E-state index in [0.29, 0.717) is 24.9 Å². The van der Waals surface area contributed by atoms with Crippen LogP contribution in [0.4, 0.5) is 5.82 Å². The van der Waals surface area contributed by atoms with E-state index < -0.39 is 48.7 Å². The fourth-order valence-corrected chi connectivity index (χ4v) is 3.98. The van der Waals surface area contributed by atoms with Gasteiger partial charge in [0, 0.05) is 19.2 Å². The zero-order valence-corrected chi connectivity index (χ0v) is 21.4. The number of nitrogens with zero attached hydrogens (tertiary/aromatic N) is 1. The van der Waals surface area contributed by atoms with Gasteiger partial charge in [-0.25, -0.2) is 4.98 Å². The number of aliphatic carboxylic acids is 2. The predicted octanol–water partition coefficient (Wildman–Crippen LogP) is 3.62. The van der Waals surface area contributed by atoms with Crippen molar-refractivity contribution in [2.45, 2.75) is 44.2 Å². The van der Waals surface area contributed by atoms with E-state index in [1.54, 1.807) is 18.3 Å². The molecule has 2 atom stereocenters. The van der Waals surface area contributed by atoms with Crippen molar-refractivity contribution in [2.75, 3.05) is 11.9 Å². The van der Waals surface area contributed by atoms with Gasteiger partial charge in [-0.1, -0.05) is 60.7 Å². The highest BCUT2D eigenvalue weighted by atomic mass is 16.4. The minimum Gasteiger partial charge on any atom is -0.481 e. The van der Waals surface area contributed by atoms with Gasteiger partial charge < -0.3 is 26.2 Å². The Hall–Kier alpha value is -4.73. The molecule has 1 aromatic heterocycles. The molecule has 10 nitrogen and oxygen atoms in total. The average Bonchev–Trinajstić information content (AvgIpc) is 2.93. The highest BCUT2D eigenvalue weighted by molar-refractivity contribution is 5.91. The Morgan fingerprint density at radius 2 is 1.41 bits per heavy atom. The van der Waals surface area contributed by atoms with Crippen molar-refractivity contribution in [3.63, 3.8) is 0 Å². The van der Waals surface area contributed by atoms with Crippen LogP contribution in [-0.4, -0.2) is 51.5 Å². The Bertz CT molecular complexity index is 1240. The molecular formula is C29H32N4O6. The highest BCUT2D eigenvalue weighted by Gasteiger charge is 2.27. The number of pyridine rings is 1. The Morgan fingerprint density at radius 3 is 2.05 bits per heavy atom. The van der Waals surface area contributed by atoms with Gasteiger partial charge in [-0.2, -0.15) is 0 Å². The first-order chi connectivity index (χ1) is 18.8. The minimum atomic E-state index is -1.35. The van der Waals surface area contributed by atoms with Gasteiger partial charge in [-0.15, -0.1) is 0 Å². The maximum Gasteiger partial charge on any atom is 0.305 e. The lowest BCUT2D eigenvalue weighted by molar-refractivity contribution is -0.142. The summed E-state index contributed by atoms with van der Waals surface area (Å²) in [5, 5.41) is 26.9. The summed E-state index contributed by atoms with van der Waals surface area (Å²) in [5.41, 5.74) is 2.46. The molecular weight excluding hydrogens is 500 g/mol. The lowest BCUT2D eigenvalue weighted by Gasteiger charge is -2.22. The van der Waals surface area contributed by atoms with E-state index in [4.69, 9.17) is 0 Å². The first-order valence-corrected chi connectivity index (χ1v) is 12.7. The smallest absolute Gasteiger partial charge is 0.305 e. The Kier molecular flexibility index (Phi) is 11.0. The van der Waals surface area contributed by atoms with Crippen molar-refractivity contribution in [1.82, 2.24) is 15.6 Å². The molecule has 10 heteroatoms. The van der Waals surface area contributed by atoms with Gasteiger partial charge in [0.05, 0.1) is 18.9 Å². The van der Waals surface area contributed by atoms with E-state index in [-0.39, 0.29) is 6.42 Å². The second-order valence-corrected chi connectivity index (χ2v) is 8.96. The molecule has 3 rings (SSSR count). The third kappa shape index (κ3) is 9.92. The molecule has 0 radical (unpaired) electrons. The second-order valence-electron chi connectivity index (χ2n) is 8.96. The van der Waals surface area contributed by atoms with Crippen molar-refractivity contribution in [3.8, 4) is 11.1 Å². The molecule has 2 aromatic carbocycles. The molecule has 3 aromatic rings. The van der Waals surface area contributed by atoms with Gasteiger partial charge in [-0.3, -0.25) is 19.2 Å². The molecule has 0 aliphatic heterocycles. The largest absolute Gasteiger partial charge is 0.481 e. The molecule has 2 amide bonds. The van der Waals surface area contributed by atoms with Gasteiger partial charge in [0.2, 0.25) is 11.8 Å². The van der Waals surface area contributed by atoms with E-state index in [2.05, 4.69) is 20.9 Å². The van der Waals surface area contributed by atoms with E-state index in [1.807, 2.05) is 60.7 Å². The summed E-state index contributed by atoms with van der Waals surface area (Å²) >= 11 is 0. The van der Waals surface area contributed by atoms with Crippen molar-refractivity contribution >= 4 is 29.6 Å². The van der Waals surface area contributed by atoms with Crippen molar-refractivity contribution in [2.24, 2.45) is 0 Å². The predicted molar refractivity (Wildman–Crippen MR) is 146 cm³/mol. The summed E-state index contributed by atoms with van der Waals surface area (Å²) in [5.74, 6) is -2.90. The van der Waals surface area contributed by atoms with Crippen LogP contribution in [0.3, 0.4) is 0 Å². The Morgan fingerprint density at radius 1 is 0.744 bits per heavy atom. The van der Waals surface area contributed by atoms with Crippen molar-refractivity contribution in [1.29, 1.82) is 0 Å². The number of nitrogens with one attached hydrogen (secondary N) is 3. The molecule has 1 heterocycles. The number of rotatable bonds is 15. The van der Waals surface area contributed by atoms with Crippen LogP contribution in [0.25, 0.3) is 11.1 Å². The zero-order valence-electron chi connectivity index (χ0n) is 21.4. The first-order valence-electron chi connectivity index (χ1n) is 12.7. The molecule has 5 N–H and O–H groups in total. The van der Waals surface area contributed by atoms with Gasteiger partial charge in [0.15, 0.2) is 0 Å². The monoisotopic (exact) mass is 532 g/mol. The maximum atomic E-state index is 13.0. The lowest BCUT2D eigenvalue weighted by atomic mass is 9.98. The number of benzene rings is 2. The number of anilines is 1. The average molecular weight is 533 g/mol. The Labute approximate surface area is 226 Å². The molecule has 0 fully saturated rings. The van der Waals surface area contributed by atoms with E-state index in [1.165, 1.54) is 0 Å². The minimum absolute atomic E-state index is 0.104. The number of unbranched alkanes of at least 4 members (excludes halogenated alkanes) is 1. The third-order valence-electron chi connectivity index (χ3n) is 5.95. The molecule has 0 saturated carbocycles. The summed E-state index contributed by atoms with van der Waals surface area (Å²) in [6.07, 6.45) is 1.91. The van der Waals surface area contributed by atoms with Gasteiger partial charge >= 0.3 is 11.9 Å². The van der Waals surface area contributed by atoms with E-state index >= 15 is 0 Å². The fraction of sp³-hybridized carbons (Fsp3) is 0.276. The number of amides is 2. The summed E-state index contributed by atoms with van der Waals surface area (Å²) in [6.45, 7) is 0.600. The number of aromatic nitrogens is 1. The second kappa shape index (κ2) is 14.9. The number of hydrogen-bond donors (Lipinski definition) is 5. The summed E-state index contributed by atoms with van der Waals surface area (Å²) < 4.78 is 0. The summed E-state index contributed by atoms with van der Waals surface area (Å²) in [7, 11) is 0. The molecule has 39 heavy (non-hydrogen) atoms. The standard InChI is InChI=1S/C29H32N4O6/c34-26(11-5-7-17-31-25-10-4-6-16-30-25)32-24(19-28(37)38)29(39)33-23(18-27(35)36)22-14-12-21(13-15-22)20-8-2-1-3-9-20/h1-4,6,8-10,12-16,23-24H,5,7,11,17-19H2,(H,30,31)(H,32,34)(H,33,39)(H,35,36)(H,37,38)/t23?,24-/m1/s1. The number of carbonyl (C=O) groups is 4. The van der Waals surface area contributed by atoms with Gasteiger partial charge in [0.1, 0.15) is 11.9 Å². The molecule has 0 aliphatic rings. The number of carboxylic acid groups (broad SMARTS) is 2. The highest BCUT2D eigenvalue weighted by Crippen LogP contribution is 2.23. The molecule has 1 unspecified atom stereocenters. The van der Waals surface area contributed by atoms with E-state index in [0.717, 1.165) is 16.9 Å². The van der Waals surface area contributed by atoms with Crippen LogP contribution < -0.4 is 16.0 Å². The molecule has 0 spiro atoms. The van der Waals surface area contributed by atoms with Crippen LogP contribution in [0.15, 0.2) is 79.0 Å². The molecule has 204 valence electrons. The van der Waals surface area contributed by atoms with Crippen LogP contribution in [0.1, 0.15) is 43.7 Å². The van der Waals surface area contributed by atoms with E-state index in [9.17, 15) is 29.4 Å². The van der Waals surface area contributed by atoms with Crippen LogP contribution in [0.5, 0.6) is 0 Å². The maximum absolute atomic E-state index is 13.0. The zero-order chi connectivity index (χ0) is 28.0. The van der Waals surface area contributed by atoms with Crippen molar-refractivity contribution in [3.05, 3.63) is 84.6 Å². The summed E-state index contributed by atoms with van der Waals surface area (Å²) in [4.78, 5) is 52.5. The number of hydrogen-bond acceptors (Lipinski definition) is 6. The molecule has 0 bridgehead atoms. The Balaban J connectivity index is 1.58.